The minimum atomic E-state index is -0.688. The van der Waals surface area contributed by atoms with Crippen LogP contribution in [0, 0.1) is 0 Å². The van der Waals surface area contributed by atoms with Crippen molar-refractivity contribution in [3.8, 4) is 0 Å². The van der Waals surface area contributed by atoms with Gasteiger partial charge in [-0.3, -0.25) is 0 Å². The minimum Gasteiger partial charge on any atom is -0.394 e. The number of aliphatic hydroxyl groups is 1. The summed E-state index contributed by atoms with van der Waals surface area (Å²) in [4.78, 5) is 0. The van der Waals surface area contributed by atoms with Gasteiger partial charge in [0.25, 0.3) is 0 Å². The molecule has 0 saturated carbocycles. The van der Waals surface area contributed by atoms with Crippen molar-refractivity contribution in [3.05, 3.63) is 0 Å². The Balaban J connectivity index is 2.38. The molecule has 60 valence electrons. The van der Waals surface area contributed by atoms with E-state index in [9.17, 15) is 0 Å². The average molecular weight is 147 g/mol. The van der Waals surface area contributed by atoms with Gasteiger partial charge < -0.3 is 20.3 Å². The largest absolute Gasteiger partial charge is 0.394 e. The van der Waals surface area contributed by atoms with Crippen LogP contribution in [0.2, 0.25) is 0 Å². The number of hydrogen-bond acceptors (Lipinski definition) is 4. The smallest absolute Gasteiger partial charge is 0.154 e. The highest BCUT2D eigenvalue weighted by molar-refractivity contribution is 4.84. The molecule has 1 aliphatic heterocycles. The summed E-state index contributed by atoms with van der Waals surface area (Å²) in [5.74, 6) is 0. The molecule has 4 heteroatoms. The molecular weight excluding hydrogens is 134 g/mol. The first kappa shape index (κ1) is 7.94. The van der Waals surface area contributed by atoms with Gasteiger partial charge in [-0.1, -0.05) is 0 Å². The molecule has 0 aromatic heterocycles. The number of nitrogens with two attached hydrogens (primary N) is 1. The molecule has 0 bridgehead atoms. The summed E-state index contributed by atoms with van der Waals surface area (Å²) < 4.78 is 10.2. The van der Waals surface area contributed by atoms with Gasteiger partial charge in [0, 0.05) is 0 Å². The normalized spacial score (nSPS) is 41.7. The summed E-state index contributed by atoms with van der Waals surface area (Å²) in [6.07, 6.45) is -0.191. The Bertz CT molecular complexity index is 110. The van der Waals surface area contributed by atoms with Crippen molar-refractivity contribution in [2.75, 3.05) is 19.8 Å². The van der Waals surface area contributed by atoms with Crippen molar-refractivity contribution in [1.29, 1.82) is 0 Å². The number of hydrogen-bond donors (Lipinski definition) is 2. The molecule has 0 atom stereocenters. The first-order chi connectivity index (χ1) is 4.66. The Kier molecular flexibility index (Phi) is 2.25. The lowest BCUT2D eigenvalue weighted by Crippen LogP contribution is -2.56. The minimum absolute atomic E-state index is 0.0975. The van der Waals surface area contributed by atoms with E-state index in [0.717, 1.165) is 0 Å². The van der Waals surface area contributed by atoms with Crippen molar-refractivity contribution in [3.63, 3.8) is 0 Å². The van der Waals surface area contributed by atoms with Crippen LogP contribution in [0.5, 0.6) is 0 Å². The first-order valence-corrected chi connectivity index (χ1v) is 3.29. The predicted octanol–water partition coefficient (Wildman–Crippen LogP) is -0.931. The van der Waals surface area contributed by atoms with E-state index in [0.29, 0.717) is 13.2 Å². The summed E-state index contributed by atoms with van der Waals surface area (Å²) in [6.45, 7) is 2.44. The van der Waals surface area contributed by atoms with Gasteiger partial charge in [-0.05, 0) is 6.92 Å². The summed E-state index contributed by atoms with van der Waals surface area (Å²) in [5, 5.41) is 8.75. The van der Waals surface area contributed by atoms with Crippen molar-refractivity contribution >= 4 is 0 Å². The van der Waals surface area contributed by atoms with Gasteiger partial charge in [-0.2, -0.15) is 0 Å². The van der Waals surface area contributed by atoms with Gasteiger partial charge in [-0.25, -0.2) is 0 Å². The molecule has 0 amide bonds. The number of ether oxygens (including phenoxy) is 2. The predicted molar refractivity (Wildman–Crippen MR) is 35.4 cm³/mol. The van der Waals surface area contributed by atoms with E-state index in [1.54, 1.807) is 6.92 Å². The van der Waals surface area contributed by atoms with Gasteiger partial charge in [0.15, 0.2) is 6.29 Å². The molecule has 0 aromatic carbocycles. The van der Waals surface area contributed by atoms with Gasteiger partial charge >= 0.3 is 0 Å². The summed E-state index contributed by atoms with van der Waals surface area (Å²) in [6, 6.07) is 0. The number of aliphatic hydroxyl groups excluding tert-OH is 1. The molecule has 1 rings (SSSR count). The van der Waals surface area contributed by atoms with E-state index in [-0.39, 0.29) is 12.9 Å². The molecule has 0 radical (unpaired) electrons. The standard InChI is InChI=1S/C6H13NO3/c1-5-9-3-6(7,2-8)4-10-5/h5,8H,2-4,7H2,1H3. The lowest BCUT2D eigenvalue weighted by Gasteiger charge is -2.34. The summed E-state index contributed by atoms with van der Waals surface area (Å²) in [7, 11) is 0. The second-order valence-corrected chi connectivity index (χ2v) is 2.71. The molecule has 1 saturated heterocycles. The van der Waals surface area contributed by atoms with E-state index < -0.39 is 5.54 Å². The molecule has 10 heavy (non-hydrogen) atoms. The van der Waals surface area contributed by atoms with E-state index >= 15 is 0 Å². The van der Waals surface area contributed by atoms with Gasteiger partial charge in [0.05, 0.1) is 25.4 Å². The van der Waals surface area contributed by atoms with Crippen molar-refractivity contribution in [2.45, 2.75) is 18.8 Å². The van der Waals surface area contributed by atoms with Crippen molar-refractivity contribution in [1.82, 2.24) is 0 Å². The van der Waals surface area contributed by atoms with E-state index in [1.807, 2.05) is 0 Å². The highest BCUT2D eigenvalue weighted by atomic mass is 16.7. The molecule has 4 nitrogen and oxygen atoms in total. The summed E-state index contributed by atoms with van der Waals surface area (Å²) in [5.41, 5.74) is 4.93. The van der Waals surface area contributed by atoms with Crippen LogP contribution >= 0.6 is 0 Å². The zero-order valence-electron chi connectivity index (χ0n) is 6.04. The highest BCUT2D eigenvalue weighted by Gasteiger charge is 2.30. The van der Waals surface area contributed by atoms with Crippen LogP contribution < -0.4 is 5.73 Å². The highest BCUT2D eigenvalue weighted by Crippen LogP contribution is 2.11. The van der Waals surface area contributed by atoms with Crippen LogP contribution in [0.3, 0.4) is 0 Å². The Morgan fingerprint density at radius 2 is 2.10 bits per heavy atom. The quantitative estimate of drug-likeness (QED) is 0.503. The summed E-state index contributed by atoms with van der Waals surface area (Å²) >= 11 is 0. The van der Waals surface area contributed by atoms with Crippen LogP contribution in [0.25, 0.3) is 0 Å². The Hall–Kier alpha value is -0.160. The molecule has 0 aliphatic carbocycles. The zero-order valence-corrected chi connectivity index (χ0v) is 6.04. The molecular formula is C6H13NO3. The molecule has 0 aromatic rings. The molecule has 0 unspecified atom stereocenters. The third-order valence-corrected chi connectivity index (χ3v) is 1.53. The third-order valence-electron chi connectivity index (χ3n) is 1.53. The monoisotopic (exact) mass is 147 g/mol. The van der Waals surface area contributed by atoms with Gasteiger partial charge in [-0.15, -0.1) is 0 Å². The Labute approximate surface area is 59.9 Å². The van der Waals surface area contributed by atoms with Crippen molar-refractivity contribution < 1.29 is 14.6 Å². The van der Waals surface area contributed by atoms with E-state index in [4.69, 9.17) is 20.3 Å². The zero-order chi connectivity index (χ0) is 7.61. The lowest BCUT2D eigenvalue weighted by molar-refractivity contribution is -0.202. The maximum absolute atomic E-state index is 8.75. The Morgan fingerprint density at radius 3 is 2.50 bits per heavy atom. The van der Waals surface area contributed by atoms with Crippen LogP contribution in [-0.4, -0.2) is 36.8 Å². The molecule has 0 spiro atoms. The fraction of sp³-hybridized carbons (Fsp3) is 1.00. The molecule has 3 N–H and O–H groups in total. The van der Waals surface area contributed by atoms with Crippen molar-refractivity contribution in [2.24, 2.45) is 5.73 Å². The third kappa shape index (κ3) is 1.67. The second kappa shape index (κ2) is 2.84. The van der Waals surface area contributed by atoms with Crippen LogP contribution in [0.4, 0.5) is 0 Å². The number of rotatable bonds is 1. The van der Waals surface area contributed by atoms with Gasteiger partial charge in [0.1, 0.15) is 0 Å². The topological polar surface area (TPSA) is 64.7 Å². The van der Waals surface area contributed by atoms with Crippen LogP contribution in [0.1, 0.15) is 6.92 Å². The van der Waals surface area contributed by atoms with E-state index in [2.05, 4.69) is 0 Å². The molecule has 1 heterocycles. The SMILES string of the molecule is CC1OCC(N)(CO)CO1. The fourth-order valence-corrected chi connectivity index (χ4v) is 0.748. The molecule has 1 aliphatic rings. The van der Waals surface area contributed by atoms with Gasteiger partial charge in [0.2, 0.25) is 0 Å². The second-order valence-electron chi connectivity index (χ2n) is 2.71. The average Bonchev–Trinajstić information content (AvgIpc) is 1.96. The molecule has 1 fully saturated rings. The van der Waals surface area contributed by atoms with Crippen LogP contribution in [-0.2, 0) is 9.47 Å². The van der Waals surface area contributed by atoms with Crippen LogP contribution in [0.15, 0.2) is 0 Å². The fourth-order valence-electron chi connectivity index (χ4n) is 0.748. The Morgan fingerprint density at radius 1 is 1.60 bits per heavy atom. The lowest BCUT2D eigenvalue weighted by atomic mass is 10.1. The first-order valence-electron chi connectivity index (χ1n) is 3.29. The van der Waals surface area contributed by atoms with E-state index in [1.165, 1.54) is 0 Å². The maximum atomic E-state index is 8.75. The maximum Gasteiger partial charge on any atom is 0.154 e.